The molecule has 2 unspecified atom stereocenters. The fourth-order valence-electron chi connectivity index (χ4n) is 4.09. The highest BCUT2D eigenvalue weighted by atomic mass is 32.2. The van der Waals surface area contributed by atoms with Crippen LogP contribution < -0.4 is 10.1 Å². The lowest BCUT2D eigenvalue weighted by molar-refractivity contribution is -0.120. The Hall–Kier alpha value is -2.06. The number of hydrogen-bond acceptors (Lipinski definition) is 6. The third kappa shape index (κ3) is 4.98. The largest absolute Gasteiger partial charge is 0.497 e. The van der Waals surface area contributed by atoms with Gasteiger partial charge in [0.1, 0.15) is 5.75 Å². The lowest BCUT2D eigenvalue weighted by Crippen LogP contribution is -2.37. The number of thioether (sulfide) groups is 1. The van der Waals surface area contributed by atoms with Gasteiger partial charge in [0, 0.05) is 18.2 Å². The summed E-state index contributed by atoms with van der Waals surface area (Å²) in [5.74, 6) is 1.67. The molecule has 0 bridgehead atoms. The first kappa shape index (κ1) is 21.2. The van der Waals surface area contributed by atoms with Gasteiger partial charge < -0.3 is 14.8 Å². The van der Waals surface area contributed by atoms with Gasteiger partial charge in [-0.1, -0.05) is 24.6 Å². The zero-order valence-electron chi connectivity index (χ0n) is 17.7. The number of nitrogens with zero attached hydrogens (tertiary/aromatic N) is 3. The summed E-state index contributed by atoms with van der Waals surface area (Å²) in [5.41, 5.74) is 0.969. The highest BCUT2D eigenvalue weighted by Crippen LogP contribution is 2.30. The van der Waals surface area contributed by atoms with Gasteiger partial charge in [-0.2, -0.15) is 0 Å². The Labute approximate surface area is 181 Å². The number of hydrogen-bond donors (Lipinski definition) is 1. The van der Waals surface area contributed by atoms with Gasteiger partial charge >= 0.3 is 0 Å². The van der Waals surface area contributed by atoms with E-state index in [0.717, 1.165) is 54.6 Å². The van der Waals surface area contributed by atoms with Crippen LogP contribution >= 0.6 is 11.8 Å². The summed E-state index contributed by atoms with van der Waals surface area (Å²) in [6, 6.07) is 8.13. The van der Waals surface area contributed by atoms with E-state index >= 15 is 0 Å². The lowest BCUT2D eigenvalue weighted by Gasteiger charge is -2.18. The molecule has 1 aromatic heterocycles. The van der Waals surface area contributed by atoms with Gasteiger partial charge in [0.15, 0.2) is 11.0 Å². The number of amides is 1. The van der Waals surface area contributed by atoms with Crippen molar-refractivity contribution in [1.82, 2.24) is 20.1 Å². The average Bonchev–Trinajstić information content (AvgIpc) is 3.52. The van der Waals surface area contributed by atoms with E-state index in [1.165, 1.54) is 24.6 Å². The Morgan fingerprint density at radius 3 is 2.67 bits per heavy atom. The van der Waals surface area contributed by atoms with Gasteiger partial charge in [-0.15, -0.1) is 10.2 Å². The molecule has 162 valence electrons. The van der Waals surface area contributed by atoms with Gasteiger partial charge in [-0.3, -0.25) is 9.36 Å². The minimum absolute atomic E-state index is 0.0737. The third-order valence-corrected chi connectivity index (χ3v) is 6.91. The molecule has 2 fully saturated rings. The van der Waals surface area contributed by atoms with E-state index in [0.29, 0.717) is 12.6 Å². The first-order chi connectivity index (χ1) is 14.6. The number of carbonyl (C=O) groups excluding carboxylic acids is 1. The molecule has 1 saturated carbocycles. The van der Waals surface area contributed by atoms with Crippen LogP contribution in [-0.4, -0.2) is 51.8 Å². The maximum Gasteiger partial charge on any atom is 0.233 e. The van der Waals surface area contributed by atoms with Crippen LogP contribution in [0.5, 0.6) is 5.75 Å². The lowest BCUT2D eigenvalue weighted by atomic mass is 10.2. The molecule has 0 spiro atoms. The van der Waals surface area contributed by atoms with Crippen LogP contribution in [0.4, 0.5) is 0 Å². The molecule has 1 aromatic carbocycles. The molecule has 1 amide bonds. The molecule has 2 heterocycles. The van der Waals surface area contributed by atoms with Crippen LogP contribution in [0.15, 0.2) is 29.4 Å². The molecule has 2 aromatic rings. The molecule has 1 aliphatic carbocycles. The Balaban J connectivity index is 1.53. The quantitative estimate of drug-likeness (QED) is 0.644. The number of nitrogens with one attached hydrogen (secondary N) is 1. The summed E-state index contributed by atoms with van der Waals surface area (Å²) >= 11 is 1.47. The number of rotatable bonds is 8. The predicted octanol–water partition coefficient (Wildman–Crippen LogP) is 3.67. The second kappa shape index (κ2) is 9.83. The summed E-state index contributed by atoms with van der Waals surface area (Å²) in [7, 11) is 1.65. The normalized spacial score (nSPS) is 20.4. The maximum atomic E-state index is 12.7. The Bertz CT molecular complexity index is 843. The minimum Gasteiger partial charge on any atom is -0.497 e. The highest BCUT2D eigenvalue weighted by molar-refractivity contribution is 8.00. The fraction of sp³-hybridized carbons (Fsp3) is 0.591. The first-order valence-corrected chi connectivity index (χ1v) is 11.7. The summed E-state index contributed by atoms with van der Waals surface area (Å²) in [6.45, 7) is 3.42. The topological polar surface area (TPSA) is 78.3 Å². The molecule has 7 nitrogen and oxygen atoms in total. The predicted molar refractivity (Wildman–Crippen MR) is 117 cm³/mol. The smallest absolute Gasteiger partial charge is 0.233 e. The maximum absolute atomic E-state index is 12.7. The van der Waals surface area contributed by atoms with Crippen molar-refractivity contribution < 1.29 is 14.3 Å². The SMILES string of the molecule is COc1ccc(-c2nnc(SC(C)C(=O)NC3CCCC3)n2CC2CCCO2)cc1. The second-order valence-electron chi connectivity index (χ2n) is 8.03. The van der Waals surface area contributed by atoms with Gasteiger partial charge in [0.2, 0.25) is 5.91 Å². The second-order valence-corrected chi connectivity index (χ2v) is 9.34. The summed E-state index contributed by atoms with van der Waals surface area (Å²) in [5, 5.41) is 12.6. The van der Waals surface area contributed by atoms with Crippen molar-refractivity contribution in [2.24, 2.45) is 0 Å². The number of aromatic nitrogens is 3. The Morgan fingerprint density at radius 1 is 1.23 bits per heavy atom. The molecule has 1 aliphatic heterocycles. The van der Waals surface area contributed by atoms with Crippen molar-refractivity contribution in [3.8, 4) is 17.1 Å². The van der Waals surface area contributed by atoms with Crippen molar-refractivity contribution in [3.05, 3.63) is 24.3 Å². The zero-order chi connectivity index (χ0) is 20.9. The van der Waals surface area contributed by atoms with E-state index in [1.807, 2.05) is 31.2 Å². The fourth-order valence-corrected chi connectivity index (χ4v) is 4.95. The van der Waals surface area contributed by atoms with E-state index in [4.69, 9.17) is 9.47 Å². The van der Waals surface area contributed by atoms with Crippen LogP contribution in [0.2, 0.25) is 0 Å². The minimum atomic E-state index is -0.234. The molecule has 30 heavy (non-hydrogen) atoms. The van der Waals surface area contributed by atoms with Gasteiger partial charge in [0.05, 0.1) is 25.0 Å². The molecule has 1 saturated heterocycles. The average molecular weight is 431 g/mol. The van der Waals surface area contributed by atoms with E-state index in [-0.39, 0.29) is 17.3 Å². The molecule has 1 N–H and O–H groups in total. The van der Waals surface area contributed by atoms with Crippen molar-refractivity contribution >= 4 is 17.7 Å². The number of ether oxygens (including phenoxy) is 2. The monoisotopic (exact) mass is 430 g/mol. The van der Waals surface area contributed by atoms with Crippen molar-refractivity contribution in [1.29, 1.82) is 0 Å². The molecule has 2 aliphatic rings. The van der Waals surface area contributed by atoms with E-state index in [2.05, 4.69) is 20.1 Å². The van der Waals surface area contributed by atoms with Crippen molar-refractivity contribution in [3.63, 3.8) is 0 Å². The molecular formula is C22H30N4O3S. The standard InChI is InChI=1S/C22H30N4O3S/c1-15(21(27)23-17-6-3-4-7-17)30-22-25-24-20(16-9-11-18(28-2)12-10-16)26(22)14-19-8-5-13-29-19/h9-12,15,17,19H,3-8,13-14H2,1-2H3,(H,23,27). The first-order valence-electron chi connectivity index (χ1n) is 10.8. The molecule has 2 atom stereocenters. The number of methoxy groups -OCH3 is 1. The van der Waals surface area contributed by atoms with Crippen LogP contribution in [0.3, 0.4) is 0 Å². The zero-order valence-corrected chi connectivity index (χ0v) is 18.5. The summed E-state index contributed by atoms with van der Waals surface area (Å²) in [6.07, 6.45) is 6.83. The van der Waals surface area contributed by atoms with E-state index in [1.54, 1.807) is 7.11 Å². The van der Waals surface area contributed by atoms with Crippen LogP contribution in [0.25, 0.3) is 11.4 Å². The van der Waals surface area contributed by atoms with Crippen molar-refractivity contribution in [2.75, 3.05) is 13.7 Å². The van der Waals surface area contributed by atoms with Gasteiger partial charge in [-0.05, 0) is 56.9 Å². The summed E-state index contributed by atoms with van der Waals surface area (Å²) < 4.78 is 13.2. The highest BCUT2D eigenvalue weighted by Gasteiger charge is 2.26. The molecule has 0 radical (unpaired) electrons. The third-order valence-electron chi connectivity index (χ3n) is 5.83. The van der Waals surface area contributed by atoms with Gasteiger partial charge in [0.25, 0.3) is 0 Å². The number of carbonyl (C=O) groups is 1. The van der Waals surface area contributed by atoms with Crippen molar-refractivity contribution in [2.45, 2.75) is 74.5 Å². The van der Waals surface area contributed by atoms with Crippen LogP contribution in [0.1, 0.15) is 45.4 Å². The number of benzene rings is 1. The van der Waals surface area contributed by atoms with Crippen LogP contribution in [0, 0.1) is 0 Å². The summed E-state index contributed by atoms with van der Waals surface area (Å²) in [4.78, 5) is 12.7. The Morgan fingerprint density at radius 2 is 2.00 bits per heavy atom. The molecule has 8 heteroatoms. The molecular weight excluding hydrogens is 400 g/mol. The van der Waals surface area contributed by atoms with E-state index < -0.39 is 0 Å². The van der Waals surface area contributed by atoms with Crippen LogP contribution in [-0.2, 0) is 16.1 Å². The Kier molecular flexibility index (Phi) is 6.94. The van der Waals surface area contributed by atoms with Gasteiger partial charge in [-0.25, -0.2) is 0 Å². The van der Waals surface area contributed by atoms with E-state index in [9.17, 15) is 4.79 Å². The molecule has 4 rings (SSSR count).